The Morgan fingerprint density at radius 3 is 2.58 bits per heavy atom. The minimum absolute atomic E-state index is 0.0317. The zero-order valence-corrected chi connectivity index (χ0v) is 18.7. The second-order valence-corrected chi connectivity index (χ2v) is 9.37. The van der Waals surface area contributed by atoms with Gasteiger partial charge in [0.05, 0.1) is 27.6 Å². The predicted molar refractivity (Wildman–Crippen MR) is 123 cm³/mol. The molecule has 0 bridgehead atoms. The van der Waals surface area contributed by atoms with Crippen molar-refractivity contribution >= 4 is 39.4 Å². The van der Waals surface area contributed by atoms with Crippen LogP contribution in [0.2, 0.25) is 0 Å². The van der Waals surface area contributed by atoms with Gasteiger partial charge >= 0.3 is 6.09 Å². The highest BCUT2D eigenvalue weighted by atomic mass is 19.2. The first-order chi connectivity index (χ1) is 15.7. The van der Waals surface area contributed by atoms with Crippen LogP contribution in [-0.2, 0) is 4.74 Å². The van der Waals surface area contributed by atoms with Crippen LogP contribution in [0.15, 0.2) is 36.7 Å². The summed E-state index contributed by atoms with van der Waals surface area (Å²) in [5, 5.41) is 3.78. The van der Waals surface area contributed by atoms with Crippen LogP contribution in [0, 0.1) is 11.6 Å². The minimum Gasteiger partial charge on any atom is -0.444 e. The summed E-state index contributed by atoms with van der Waals surface area (Å²) >= 11 is 0. The summed E-state index contributed by atoms with van der Waals surface area (Å²) < 4.78 is 34.8. The van der Waals surface area contributed by atoms with E-state index in [0.717, 1.165) is 48.6 Å². The lowest BCUT2D eigenvalue weighted by Gasteiger charge is -2.34. The molecule has 0 atom stereocenters. The number of imidazole rings is 1. The van der Waals surface area contributed by atoms with Gasteiger partial charge in [-0.3, -0.25) is 9.38 Å². The lowest BCUT2D eigenvalue weighted by atomic mass is 10.0. The number of pyridine rings is 2. The fourth-order valence-electron chi connectivity index (χ4n) is 4.39. The Kier molecular flexibility index (Phi) is 5.07. The number of hydrogen-bond acceptors (Lipinski definition) is 5. The summed E-state index contributed by atoms with van der Waals surface area (Å²) in [6.45, 7) is 6.97. The van der Waals surface area contributed by atoms with Crippen molar-refractivity contribution in [1.29, 1.82) is 0 Å². The first-order valence-electron chi connectivity index (χ1n) is 11.0. The topological polar surface area (TPSA) is 71.8 Å². The van der Waals surface area contributed by atoms with Gasteiger partial charge in [-0.15, -0.1) is 0 Å². The van der Waals surface area contributed by atoms with Crippen LogP contribution in [0.3, 0.4) is 0 Å². The van der Waals surface area contributed by atoms with Gasteiger partial charge in [0.1, 0.15) is 11.2 Å². The van der Waals surface area contributed by atoms with Crippen LogP contribution < -0.4 is 10.2 Å². The zero-order valence-electron chi connectivity index (χ0n) is 18.7. The number of rotatable bonds is 2. The summed E-state index contributed by atoms with van der Waals surface area (Å²) in [7, 11) is 0. The molecule has 0 aliphatic carbocycles. The number of nitrogens with zero attached hydrogens (tertiary/aromatic N) is 4. The third-order valence-corrected chi connectivity index (χ3v) is 5.85. The lowest BCUT2D eigenvalue weighted by molar-refractivity contribution is 0.0497. The average Bonchev–Trinajstić information content (AvgIpc) is 3.10. The number of carbonyl (C=O) groups is 1. The Morgan fingerprint density at radius 2 is 1.85 bits per heavy atom. The van der Waals surface area contributed by atoms with Crippen molar-refractivity contribution in [3.05, 3.63) is 48.3 Å². The summed E-state index contributed by atoms with van der Waals surface area (Å²) in [6, 6.07) is 6.10. The molecule has 0 saturated carbocycles. The van der Waals surface area contributed by atoms with Gasteiger partial charge in [-0.25, -0.2) is 18.6 Å². The van der Waals surface area contributed by atoms with E-state index in [0.29, 0.717) is 16.7 Å². The third kappa shape index (κ3) is 4.03. The SMILES string of the molecule is CC(C)(C)OC(=O)NC1CCN(c2ccnc3ccn4c5cc(F)c(F)cc5nc4c23)CC1. The molecule has 172 valence electrons. The fraction of sp³-hybridized carbons (Fsp3) is 0.375. The number of amides is 1. The molecule has 0 spiro atoms. The normalized spacial score (nSPS) is 15.5. The Hall–Kier alpha value is -3.49. The first-order valence-corrected chi connectivity index (χ1v) is 11.0. The van der Waals surface area contributed by atoms with E-state index in [2.05, 4.69) is 20.2 Å². The first kappa shape index (κ1) is 21.4. The molecule has 0 radical (unpaired) electrons. The van der Waals surface area contributed by atoms with Crippen LogP contribution in [-0.4, -0.2) is 45.2 Å². The molecule has 1 fully saturated rings. The summed E-state index contributed by atoms with van der Waals surface area (Å²) in [5.41, 5.74) is 2.66. The monoisotopic (exact) mass is 453 g/mol. The standard InChI is InChI=1S/C24H25F2N5O2/c1-24(2,3)33-23(32)28-14-5-9-30(10-6-14)19-4-8-27-17-7-11-31-20-13-16(26)15(25)12-18(20)29-22(31)21(17)19/h4,7-8,11-14H,5-6,9-10H2,1-3H3,(H,28,32). The molecule has 7 nitrogen and oxygen atoms in total. The number of carbonyl (C=O) groups excluding carboxylic acids is 1. The maximum atomic E-state index is 13.9. The van der Waals surface area contributed by atoms with Crippen molar-refractivity contribution in [2.45, 2.75) is 45.3 Å². The second kappa shape index (κ2) is 7.83. The number of alkyl carbamates (subject to hydrolysis) is 1. The van der Waals surface area contributed by atoms with Gasteiger partial charge < -0.3 is 15.0 Å². The molecule has 5 rings (SSSR count). The highest BCUT2D eigenvalue weighted by molar-refractivity contribution is 6.04. The van der Waals surface area contributed by atoms with Gasteiger partial charge in [-0.2, -0.15) is 0 Å². The maximum Gasteiger partial charge on any atom is 0.407 e. The number of halogens is 2. The van der Waals surface area contributed by atoms with Gasteiger partial charge in [0.25, 0.3) is 0 Å². The van der Waals surface area contributed by atoms with Crippen molar-refractivity contribution < 1.29 is 18.3 Å². The predicted octanol–water partition coefficient (Wildman–Crippen LogP) is 4.81. The Balaban J connectivity index is 1.46. The second-order valence-electron chi connectivity index (χ2n) is 9.37. The van der Waals surface area contributed by atoms with Crippen LogP contribution >= 0.6 is 0 Å². The van der Waals surface area contributed by atoms with Gasteiger partial charge in [0.2, 0.25) is 0 Å². The molecule has 0 unspecified atom stereocenters. The summed E-state index contributed by atoms with van der Waals surface area (Å²) in [6.07, 6.45) is 4.65. The van der Waals surface area contributed by atoms with E-state index in [1.54, 1.807) is 16.8 Å². The third-order valence-electron chi connectivity index (χ3n) is 5.85. The van der Waals surface area contributed by atoms with E-state index >= 15 is 0 Å². The fourth-order valence-corrected chi connectivity index (χ4v) is 4.39. The molecule has 1 saturated heterocycles. The number of nitrogens with one attached hydrogen (secondary N) is 1. The number of aromatic nitrogens is 3. The van der Waals surface area contributed by atoms with E-state index in [9.17, 15) is 13.6 Å². The van der Waals surface area contributed by atoms with E-state index in [4.69, 9.17) is 4.74 Å². The van der Waals surface area contributed by atoms with Crippen molar-refractivity contribution in [2.75, 3.05) is 18.0 Å². The van der Waals surface area contributed by atoms with Crippen molar-refractivity contribution in [1.82, 2.24) is 19.7 Å². The van der Waals surface area contributed by atoms with Gasteiger partial charge in [0.15, 0.2) is 11.6 Å². The van der Waals surface area contributed by atoms with Crippen LogP contribution in [0.1, 0.15) is 33.6 Å². The molecular weight excluding hydrogens is 428 g/mol. The summed E-state index contributed by atoms with van der Waals surface area (Å²) in [4.78, 5) is 23.4. The Morgan fingerprint density at radius 1 is 1.12 bits per heavy atom. The van der Waals surface area contributed by atoms with Crippen LogP contribution in [0.25, 0.3) is 27.6 Å². The quantitative estimate of drug-likeness (QED) is 0.472. The van der Waals surface area contributed by atoms with Crippen molar-refractivity contribution in [2.24, 2.45) is 0 Å². The zero-order chi connectivity index (χ0) is 23.3. The molecule has 4 aromatic rings. The van der Waals surface area contributed by atoms with Gasteiger partial charge in [0, 0.05) is 43.7 Å². The molecule has 3 aromatic heterocycles. The molecule has 1 N–H and O–H groups in total. The number of fused-ring (bicyclic) bond motifs is 5. The van der Waals surface area contributed by atoms with Gasteiger partial charge in [-0.1, -0.05) is 0 Å². The molecule has 1 aromatic carbocycles. The van der Waals surface area contributed by atoms with E-state index < -0.39 is 23.3 Å². The highest BCUT2D eigenvalue weighted by Gasteiger charge is 2.25. The number of anilines is 1. The molecule has 4 heterocycles. The van der Waals surface area contributed by atoms with Crippen LogP contribution in [0.4, 0.5) is 19.3 Å². The van der Waals surface area contributed by atoms with Gasteiger partial charge in [-0.05, 0) is 45.7 Å². The molecule has 1 amide bonds. The van der Waals surface area contributed by atoms with E-state index in [1.165, 1.54) is 6.07 Å². The lowest BCUT2D eigenvalue weighted by Crippen LogP contribution is -2.46. The molecule has 1 aliphatic heterocycles. The maximum absolute atomic E-state index is 13.9. The van der Waals surface area contributed by atoms with Crippen molar-refractivity contribution in [3.63, 3.8) is 0 Å². The molecular formula is C24H25F2N5O2. The largest absolute Gasteiger partial charge is 0.444 e. The summed E-state index contributed by atoms with van der Waals surface area (Å²) in [5.74, 6) is -1.83. The Bertz CT molecular complexity index is 1370. The average molecular weight is 453 g/mol. The Labute approximate surface area is 189 Å². The highest BCUT2D eigenvalue weighted by Crippen LogP contribution is 2.33. The van der Waals surface area contributed by atoms with E-state index in [-0.39, 0.29) is 6.04 Å². The number of ether oxygens (including phenoxy) is 1. The number of hydrogen-bond donors (Lipinski definition) is 1. The minimum atomic E-state index is -0.923. The number of piperidine rings is 1. The smallest absolute Gasteiger partial charge is 0.407 e. The number of benzene rings is 1. The van der Waals surface area contributed by atoms with Crippen molar-refractivity contribution in [3.8, 4) is 0 Å². The van der Waals surface area contributed by atoms with Crippen LogP contribution in [0.5, 0.6) is 0 Å². The van der Waals surface area contributed by atoms with E-state index in [1.807, 2.05) is 32.9 Å². The molecule has 9 heteroatoms. The molecule has 33 heavy (non-hydrogen) atoms. The molecule has 1 aliphatic rings.